The van der Waals surface area contributed by atoms with Crippen LogP contribution < -0.4 is 5.32 Å². The summed E-state index contributed by atoms with van der Waals surface area (Å²) in [6.07, 6.45) is 11.2. The highest BCUT2D eigenvalue weighted by Gasteiger charge is 2.32. The molecule has 1 nitrogen and oxygen atoms in total. The summed E-state index contributed by atoms with van der Waals surface area (Å²) < 4.78 is 0. The molecule has 0 aromatic rings. The van der Waals surface area contributed by atoms with Gasteiger partial charge in [-0.2, -0.15) is 0 Å². The van der Waals surface area contributed by atoms with Crippen LogP contribution in [0, 0.1) is 10.8 Å². The summed E-state index contributed by atoms with van der Waals surface area (Å²) in [6.45, 7) is 9.74. The summed E-state index contributed by atoms with van der Waals surface area (Å²) in [6, 6.07) is 1.58. The van der Waals surface area contributed by atoms with Gasteiger partial charge >= 0.3 is 0 Å². The van der Waals surface area contributed by atoms with Crippen LogP contribution in [0.15, 0.2) is 0 Å². The molecule has 0 heterocycles. The van der Waals surface area contributed by atoms with Gasteiger partial charge in [-0.1, -0.05) is 40.5 Å². The van der Waals surface area contributed by atoms with Crippen LogP contribution in [0.5, 0.6) is 0 Å². The smallest absolute Gasteiger partial charge is 0.00747 e. The average Bonchev–Trinajstić information content (AvgIpc) is 2.13. The van der Waals surface area contributed by atoms with Crippen molar-refractivity contribution in [3.8, 4) is 0 Å². The van der Waals surface area contributed by atoms with E-state index in [0.29, 0.717) is 10.8 Å². The maximum absolute atomic E-state index is 3.97. The Balaban J connectivity index is 1.84. The normalized spacial score (nSPS) is 36.7. The average molecular weight is 237 g/mol. The standard InChI is InChI=1S/C16H31N/c1-15(2)9-5-7-13(11-15)17-14-8-6-10-16(3,4)12-14/h13-14,17H,5-12H2,1-4H3. The van der Waals surface area contributed by atoms with Crippen LogP contribution in [0.1, 0.15) is 79.1 Å². The van der Waals surface area contributed by atoms with Crippen molar-refractivity contribution in [3.05, 3.63) is 0 Å². The molecule has 2 rings (SSSR count). The fourth-order valence-electron chi connectivity index (χ4n) is 4.01. The van der Waals surface area contributed by atoms with Crippen molar-refractivity contribution >= 4 is 0 Å². The number of hydrogen-bond acceptors (Lipinski definition) is 1. The largest absolute Gasteiger partial charge is 0.311 e. The van der Waals surface area contributed by atoms with E-state index in [2.05, 4.69) is 33.0 Å². The minimum absolute atomic E-state index is 0.570. The molecule has 0 amide bonds. The van der Waals surface area contributed by atoms with Gasteiger partial charge < -0.3 is 5.32 Å². The predicted octanol–water partition coefficient (Wildman–Crippen LogP) is 4.51. The van der Waals surface area contributed by atoms with E-state index in [1.54, 1.807) is 0 Å². The Morgan fingerprint density at radius 1 is 0.765 bits per heavy atom. The highest BCUT2D eigenvalue weighted by molar-refractivity contribution is 4.89. The summed E-state index contributed by atoms with van der Waals surface area (Å²) in [4.78, 5) is 0. The Morgan fingerprint density at radius 2 is 1.18 bits per heavy atom. The Kier molecular flexibility index (Phi) is 3.87. The van der Waals surface area contributed by atoms with Crippen LogP contribution >= 0.6 is 0 Å². The van der Waals surface area contributed by atoms with Gasteiger partial charge in [0.2, 0.25) is 0 Å². The molecule has 0 spiro atoms. The molecule has 2 saturated carbocycles. The molecule has 2 aliphatic carbocycles. The van der Waals surface area contributed by atoms with E-state index in [9.17, 15) is 0 Å². The van der Waals surface area contributed by atoms with Crippen molar-refractivity contribution in [2.75, 3.05) is 0 Å². The number of nitrogens with one attached hydrogen (secondary N) is 1. The zero-order valence-corrected chi connectivity index (χ0v) is 12.3. The van der Waals surface area contributed by atoms with Crippen LogP contribution in [0.25, 0.3) is 0 Å². The molecule has 2 fully saturated rings. The zero-order chi connectivity index (χ0) is 12.5. The topological polar surface area (TPSA) is 12.0 Å². The summed E-state index contributed by atoms with van der Waals surface area (Å²) in [5.41, 5.74) is 1.14. The van der Waals surface area contributed by atoms with Crippen molar-refractivity contribution < 1.29 is 0 Å². The lowest BCUT2D eigenvalue weighted by molar-refractivity contribution is 0.148. The lowest BCUT2D eigenvalue weighted by Gasteiger charge is -2.41. The van der Waals surface area contributed by atoms with Crippen molar-refractivity contribution in [2.45, 2.75) is 91.1 Å². The molecular weight excluding hydrogens is 206 g/mol. The molecule has 100 valence electrons. The van der Waals surface area contributed by atoms with Gasteiger partial charge in [-0.25, -0.2) is 0 Å². The zero-order valence-electron chi connectivity index (χ0n) is 12.3. The predicted molar refractivity (Wildman–Crippen MR) is 75.2 cm³/mol. The molecule has 0 aromatic heterocycles. The van der Waals surface area contributed by atoms with Gasteiger partial charge in [-0.15, -0.1) is 0 Å². The lowest BCUT2D eigenvalue weighted by Crippen LogP contribution is -2.46. The van der Waals surface area contributed by atoms with Gasteiger partial charge in [0.05, 0.1) is 0 Å². The number of rotatable bonds is 2. The van der Waals surface area contributed by atoms with Gasteiger partial charge in [-0.3, -0.25) is 0 Å². The van der Waals surface area contributed by atoms with E-state index in [4.69, 9.17) is 0 Å². The maximum atomic E-state index is 3.97. The third-order valence-electron chi connectivity index (χ3n) is 4.88. The van der Waals surface area contributed by atoms with E-state index in [0.717, 1.165) is 12.1 Å². The molecule has 0 aliphatic heterocycles. The van der Waals surface area contributed by atoms with Crippen molar-refractivity contribution in [3.63, 3.8) is 0 Å². The quantitative estimate of drug-likeness (QED) is 0.745. The molecule has 0 radical (unpaired) electrons. The monoisotopic (exact) mass is 237 g/mol. The summed E-state index contributed by atoms with van der Waals surface area (Å²) >= 11 is 0. The molecule has 0 bridgehead atoms. The Morgan fingerprint density at radius 3 is 1.53 bits per heavy atom. The van der Waals surface area contributed by atoms with E-state index < -0.39 is 0 Å². The molecule has 1 N–H and O–H groups in total. The highest BCUT2D eigenvalue weighted by Crippen LogP contribution is 2.38. The molecule has 2 aliphatic rings. The Labute approximate surface area is 108 Å². The van der Waals surface area contributed by atoms with Gasteiger partial charge in [0, 0.05) is 12.1 Å². The van der Waals surface area contributed by atoms with Gasteiger partial charge in [0.1, 0.15) is 0 Å². The SMILES string of the molecule is CC1(C)CCCC(NC2CCCC(C)(C)C2)C1. The third-order valence-corrected chi connectivity index (χ3v) is 4.88. The lowest BCUT2D eigenvalue weighted by atomic mass is 9.73. The van der Waals surface area contributed by atoms with Crippen LogP contribution in [0.4, 0.5) is 0 Å². The molecule has 2 atom stereocenters. The molecule has 1 heteroatoms. The molecular formula is C16H31N. The minimum atomic E-state index is 0.570. The second-order valence-electron chi connectivity index (χ2n) is 8.08. The highest BCUT2D eigenvalue weighted by atomic mass is 15.0. The fourth-order valence-corrected chi connectivity index (χ4v) is 4.01. The molecule has 0 aromatic carbocycles. The van der Waals surface area contributed by atoms with Gasteiger partial charge in [-0.05, 0) is 49.4 Å². The second-order valence-corrected chi connectivity index (χ2v) is 8.08. The van der Waals surface area contributed by atoms with Crippen LogP contribution in [0.2, 0.25) is 0 Å². The van der Waals surface area contributed by atoms with Crippen molar-refractivity contribution in [1.82, 2.24) is 5.32 Å². The van der Waals surface area contributed by atoms with E-state index in [1.807, 2.05) is 0 Å². The second kappa shape index (κ2) is 4.91. The van der Waals surface area contributed by atoms with Gasteiger partial charge in [0.15, 0.2) is 0 Å². The van der Waals surface area contributed by atoms with E-state index in [1.165, 1.54) is 51.4 Å². The number of hydrogen-bond donors (Lipinski definition) is 1. The Bertz CT molecular complexity index is 228. The summed E-state index contributed by atoms with van der Waals surface area (Å²) in [5.74, 6) is 0. The Hall–Kier alpha value is -0.0400. The first-order valence-electron chi connectivity index (χ1n) is 7.62. The van der Waals surface area contributed by atoms with E-state index >= 15 is 0 Å². The van der Waals surface area contributed by atoms with Crippen molar-refractivity contribution in [1.29, 1.82) is 0 Å². The molecule has 2 unspecified atom stereocenters. The molecule has 17 heavy (non-hydrogen) atoms. The first-order chi connectivity index (χ1) is 7.86. The van der Waals surface area contributed by atoms with E-state index in [-0.39, 0.29) is 0 Å². The maximum Gasteiger partial charge on any atom is 0.00747 e. The summed E-state index contributed by atoms with van der Waals surface area (Å²) in [5, 5.41) is 3.97. The van der Waals surface area contributed by atoms with Crippen molar-refractivity contribution in [2.24, 2.45) is 10.8 Å². The summed E-state index contributed by atoms with van der Waals surface area (Å²) in [7, 11) is 0. The van der Waals surface area contributed by atoms with Crippen LogP contribution in [0.3, 0.4) is 0 Å². The fraction of sp³-hybridized carbons (Fsp3) is 1.00. The first kappa shape index (κ1) is 13.4. The van der Waals surface area contributed by atoms with Crippen LogP contribution in [-0.2, 0) is 0 Å². The first-order valence-corrected chi connectivity index (χ1v) is 7.62. The molecule has 0 saturated heterocycles. The van der Waals surface area contributed by atoms with Gasteiger partial charge in [0.25, 0.3) is 0 Å². The van der Waals surface area contributed by atoms with Crippen LogP contribution in [-0.4, -0.2) is 12.1 Å². The third kappa shape index (κ3) is 3.98. The minimum Gasteiger partial charge on any atom is -0.311 e.